The molecule has 4 heterocycles. The number of aromatic nitrogens is 2. The minimum absolute atomic E-state index is 0.147. The number of nitrogens with zero attached hydrogens (tertiary/aromatic N) is 4. The van der Waals surface area contributed by atoms with Gasteiger partial charge in [0.1, 0.15) is 23.6 Å². The van der Waals surface area contributed by atoms with Gasteiger partial charge in [0.2, 0.25) is 0 Å². The Kier molecular flexibility index (Phi) is 6.09. The van der Waals surface area contributed by atoms with E-state index in [4.69, 9.17) is 14.7 Å². The van der Waals surface area contributed by atoms with E-state index in [1.54, 1.807) is 0 Å². The zero-order valence-electron chi connectivity index (χ0n) is 18.7. The molecule has 6 nitrogen and oxygen atoms in total. The second-order valence-corrected chi connectivity index (χ2v) is 9.22. The second-order valence-electron chi connectivity index (χ2n) is 9.22. The largest absolute Gasteiger partial charge is 0.368 e. The lowest BCUT2D eigenvalue weighted by Crippen LogP contribution is -2.43. The number of ether oxygens (including phenoxy) is 1. The van der Waals surface area contributed by atoms with Crippen LogP contribution >= 0.6 is 0 Å². The van der Waals surface area contributed by atoms with Crippen molar-refractivity contribution in [2.24, 2.45) is 0 Å². The molecule has 3 aliphatic heterocycles. The standard InChI is InChI=1S/C25H31FN4O2/c1-17-21-4-2-12-30(16-18-6-8-20(26)9-7-18)24(21)28-23(27-17)19-10-13-29(14-11-19)25(31)22-5-3-15-32-22/h6-9,19,22H,2-5,10-16H2,1H3. The van der Waals surface area contributed by atoms with Gasteiger partial charge < -0.3 is 14.5 Å². The molecule has 1 atom stereocenters. The Morgan fingerprint density at radius 2 is 1.88 bits per heavy atom. The predicted octanol–water partition coefficient (Wildman–Crippen LogP) is 3.76. The van der Waals surface area contributed by atoms with Crippen molar-refractivity contribution >= 4 is 11.7 Å². The van der Waals surface area contributed by atoms with Gasteiger partial charge in [-0.1, -0.05) is 12.1 Å². The van der Waals surface area contributed by atoms with Crippen molar-refractivity contribution in [2.45, 2.75) is 64.0 Å². The van der Waals surface area contributed by atoms with Crippen LogP contribution in [0.25, 0.3) is 0 Å². The number of likely N-dealkylation sites (tertiary alicyclic amines) is 1. The predicted molar refractivity (Wildman–Crippen MR) is 120 cm³/mol. The van der Waals surface area contributed by atoms with Crippen molar-refractivity contribution in [1.82, 2.24) is 14.9 Å². The van der Waals surface area contributed by atoms with Gasteiger partial charge in [0.05, 0.1) is 0 Å². The molecular weight excluding hydrogens is 407 g/mol. The molecular formula is C25H31FN4O2. The van der Waals surface area contributed by atoms with Gasteiger partial charge in [-0.25, -0.2) is 14.4 Å². The van der Waals surface area contributed by atoms with Crippen LogP contribution in [0, 0.1) is 12.7 Å². The van der Waals surface area contributed by atoms with Crippen molar-refractivity contribution < 1.29 is 13.9 Å². The molecule has 170 valence electrons. The highest BCUT2D eigenvalue weighted by Crippen LogP contribution is 2.33. The highest BCUT2D eigenvalue weighted by molar-refractivity contribution is 5.81. The molecule has 0 spiro atoms. The van der Waals surface area contributed by atoms with E-state index in [1.165, 1.54) is 17.7 Å². The third-order valence-corrected chi connectivity index (χ3v) is 7.03. The molecule has 0 saturated carbocycles. The van der Waals surface area contributed by atoms with E-state index in [0.717, 1.165) is 87.6 Å². The van der Waals surface area contributed by atoms with E-state index in [1.807, 2.05) is 17.0 Å². The molecule has 2 saturated heterocycles. The fraction of sp³-hybridized carbons (Fsp3) is 0.560. The van der Waals surface area contributed by atoms with Crippen molar-refractivity contribution in [3.63, 3.8) is 0 Å². The van der Waals surface area contributed by atoms with Gasteiger partial charge in [0, 0.05) is 50.0 Å². The zero-order valence-corrected chi connectivity index (χ0v) is 18.7. The first-order chi connectivity index (χ1) is 15.6. The first-order valence-electron chi connectivity index (χ1n) is 11.9. The SMILES string of the molecule is Cc1nc(C2CCN(C(=O)C3CCCO3)CC2)nc2c1CCCN2Cc1ccc(F)cc1. The maximum atomic E-state index is 13.3. The van der Waals surface area contributed by atoms with Crippen LogP contribution in [0.5, 0.6) is 0 Å². The summed E-state index contributed by atoms with van der Waals surface area (Å²) in [5.41, 5.74) is 3.37. The topological polar surface area (TPSA) is 58.6 Å². The third-order valence-electron chi connectivity index (χ3n) is 7.03. The number of hydrogen-bond donors (Lipinski definition) is 0. The van der Waals surface area contributed by atoms with Crippen molar-refractivity contribution in [3.8, 4) is 0 Å². The van der Waals surface area contributed by atoms with Gasteiger partial charge in [-0.15, -0.1) is 0 Å². The molecule has 1 aromatic carbocycles. The summed E-state index contributed by atoms with van der Waals surface area (Å²) in [6, 6.07) is 6.73. The fourth-order valence-electron chi connectivity index (χ4n) is 5.19. The Morgan fingerprint density at radius 3 is 2.59 bits per heavy atom. The van der Waals surface area contributed by atoms with Gasteiger partial charge in [0.25, 0.3) is 5.91 Å². The Balaban J connectivity index is 1.31. The Labute approximate surface area is 188 Å². The number of hydrogen-bond acceptors (Lipinski definition) is 5. The number of rotatable bonds is 4. The van der Waals surface area contributed by atoms with Gasteiger partial charge >= 0.3 is 0 Å². The maximum Gasteiger partial charge on any atom is 0.251 e. The summed E-state index contributed by atoms with van der Waals surface area (Å²) in [5.74, 6) is 2.13. The number of carbonyl (C=O) groups is 1. The molecule has 5 rings (SSSR count). The van der Waals surface area contributed by atoms with E-state index in [9.17, 15) is 9.18 Å². The number of amides is 1. The summed E-state index contributed by atoms with van der Waals surface area (Å²) >= 11 is 0. The zero-order chi connectivity index (χ0) is 22.1. The van der Waals surface area contributed by atoms with Crippen LogP contribution in [0.4, 0.5) is 10.2 Å². The maximum absolute atomic E-state index is 13.3. The highest BCUT2D eigenvalue weighted by Gasteiger charge is 2.33. The number of piperidine rings is 1. The van der Waals surface area contributed by atoms with Crippen LogP contribution in [0.1, 0.15) is 60.7 Å². The van der Waals surface area contributed by atoms with Gasteiger partial charge in [-0.2, -0.15) is 0 Å². The lowest BCUT2D eigenvalue weighted by Gasteiger charge is -2.34. The van der Waals surface area contributed by atoms with Crippen molar-refractivity contribution in [2.75, 3.05) is 31.1 Å². The minimum Gasteiger partial charge on any atom is -0.368 e. The summed E-state index contributed by atoms with van der Waals surface area (Å²) in [5, 5.41) is 0. The molecule has 1 aromatic heterocycles. The number of anilines is 1. The Hall–Kier alpha value is -2.54. The van der Waals surface area contributed by atoms with E-state index >= 15 is 0 Å². The van der Waals surface area contributed by atoms with Crippen LogP contribution < -0.4 is 4.90 Å². The lowest BCUT2D eigenvalue weighted by atomic mass is 9.94. The summed E-state index contributed by atoms with van der Waals surface area (Å²) in [6.07, 6.45) is 5.41. The summed E-state index contributed by atoms with van der Waals surface area (Å²) in [4.78, 5) is 26.9. The Bertz CT molecular complexity index is 967. The molecule has 2 fully saturated rings. The quantitative estimate of drug-likeness (QED) is 0.728. The fourth-order valence-corrected chi connectivity index (χ4v) is 5.19. The second kappa shape index (κ2) is 9.14. The summed E-state index contributed by atoms with van der Waals surface area (Å²) < 4.78 is 18.9. The molecule has 1 amide bonds. The normalized spacial score (nSPS) is 21.6. The third kappa shape index (κ3) is 4.35. The number of aryl methyl sites for hydroxylation is 1. The molecule has 32 heavy (non-hydrogen) atoms. The van der Waals surface area contributed by atoms with E-state index in [-0.39, 0.29) is 23.7 Å². The highest BCUT2D eigenvalue weighted by atomic mass is 19.1. The average Bonchev–Trinajstić information content (AvgIpc) is 3.36. The molecule has 0 radical (unpaired) electrons. The average molecular weight is 439 g/mol. The Morgan fingerprint density at radius 1 is 1.09 bits per heavy atom. The van der Waals surface area contributed by atoms with E-state index < -0.39 is 0 Å². The first kappa shape index (κ1) is 21.3. The van der Waals surface area contributed by atoms with Gasteiger partial charge in [0.15, 0.2) is 0 Å². The van der Waals surface area contributed by atoms with Gasteiger partial charge in [-0.3, -0.25) is 4.79 Å². The number of carbonyl (C=O) groups excluding carboxylic acids is 1. The van der Waals surface area contributed by atoms with Crippen LogP contribution in [-0.4, -0.2) is 53.1 Å². The van der Waals surface area contributed by atoms with E-state index in [0.29, 0.717) is 6.61 Å². The summed E-state index contributed by atoms with van der Waals surface area (Å²) in [7, 11) is 0. The molecule has 0 bridgehead atoms. The molecule has 0 N–H and O–H groups in total. The number of fused-ring (bicyclic) bond motifs is 1. The molecule has 3 aliphatic rings. The number of halogens is 1. The molecule has 1 unspecified atom stereocenters. The van der Waals surface area contributed by atoms with Crippen LogP contribution in [0.15, 0.2) is 24.3 Å². The molecule has 2 aromatic rings. The van der Waals surface area contributed by atoms with Crippen LogP contribution in [0.3, 0.4) is 0 Å². The van der Waals surface area contributed by atoms with Crippen molar-refractivity contribution in [3.05, 3.63) is 52.7 Å². The van der Waals surface area contributed by atoms with Crippen molar-refractivity contribution in [1.29, 1.82) is 0 Å². The van der Waals surface area contributed by atoms with Crippen LogP contribution in [0.2, 0.25) is 0 Å². The molecule has 7 heteroatoms. The van der Waals surface area contributed by atoms with Crippen LogP contribution in [-0.2, 0) is 22.5 Å². The summed E-state index contributed by atoms with van der Waals surface area (Å²) in [6.45, 7) is 5.92. The number of benzene rings is 1. The first-order valence-corrected chi connectivity index (χ1v) is 11.9. The molecule has 0 aliphatic carbocycles. The lowest BCUT2D eigenvalue weighted by molar-refractivity contribution is -0.142. The smallest absolute Gasteiger partial charge is 0.251 e. The minimum atomic E-state index is -0.242. The monoisotopic (exact) mass is 438 g/mol. The van der Waals surface area contributed by atoms with Gasteiger partial charge in [-0.05, 0) is 63.1 Å². The van der Waals surface area contributed by atoms with E-state index in [2.05, 4.69) is 11.8 Å².